The lowest BCUT2D eigenvalue weighted by molar-refractivity contribution is -0.119. The van der Waals surface area contributed by atoms with Crippen molar-refractivity contribution in [1.29, 1.82) is 0 Å². The van der Waals surface area contributed by atoms with Gasteiger partial charge in [-0.15, -0.1) is 11.8 Å². The van der Waals surface area contributed by atoms with Crippen LogP contribution in [-0.4, -0.2) is 31.9 Å². The number of carbonyl (C=O) groups excluding carboxylic acids is 2. The standard InChI is InChI=1S/C16H17N5O2S/c1-11-4-5-14-18-12(8-21(14)7-11)9-24-10-15(22)19-20-16(23)13-3-2-6-17-13/h2-8,17H,9-10H2,1H3,(H,19,22)(H,20,23). The Labute approximate surface area is 142 Å². The van der Waals surface area contributed by atoms with Crippen LogP contribution in [0.4, 0.5) is 0 Å². The number of hydrazine groups is 1. The van der Waals surface area contributed by atoms with E-state index in [1.54, 1.807) is 18.3 Å². The van der Waals surface area contributed by atoms with Crippen LogP contribution in [0.3, 0.4) is 0 Å². The molecule has 3 aromatic heterocycles. The van der Waals surface area contributed by atoms with E-state index in [4.69, 9.17) is 0 Å². The topological polar surface area (TPSA) is 91.3 Å². The molecule has 2 amide bonds. The Kier molecular flexibility index (Phi) is 4.85. The van der Waals surface area contributed by atoms with E-state index in [-0.39, 0.29) is 17.6 Å². The summed E-state index contributed by atoms with van der Waals surface area (Å²) in [7, 11) is 0. The summed E-state index contributed by atoms with van der Waals surface area (Å²) in [5, 5.41) is 0. The quantitative estimate of drug-likeness (QED) is 0.615. The van der Waals surface area contributed by atoms with E-state index in [9.17, 15) is 9.59 Å². The normalized spacial score (nSPS) is 10.7. The molecule has 0 fully saturated rings. The molecule has 124 valence electrons. The number of pyridine rings is 1. The number of thioether (sulfide) groups is 1. The van der Waals surface area contributed by atoms with E-state index in [0.29, 0.717) is 11.4 Å². The third kappa shape index (κ3) is 3.96. The van der Waals surface area contributed by atoms with Crippen molar-refractivity contribution in [2.45, 2.75) is 12.7 Å². The summed E-state index contributed by atoms with van der Waals surface area (Å²) in [5.74, 6) is 0.213. The summed E-state index contributed by atoms with van der Waals surface area (Å²) >= 11 is 1.44. The molecule has 0 radical (unpaired) electrons. The number of rotatable bonds is 5. The highest BCUT2D eigenvalue weighted by Crippen LogP contribution is 2.13. The Morgan fingerprint density at radius 2 is 2.12 bits per heavy atom. The average Bonchev–Trinajstić information content (AvgIpc) is 3.21. The molecule has 0 saturated carbocycles. The van der Waals surface area contributed by atoms with Crippen LogP contribution in [0.15, 0.2) is 42.9 Å². The summed E-state index contributed by atoms with van der Waals surface area (Å²) in [6.07, 6.45) is 5.61. The van der Waals surface area contributed by atoms with Crippen LogP contribution < -0.4 is 10.9 Å². The lowest BCUT2D eigenvalue weighted by Crippen LogP contribution is -2.42. The summed E-state index contributed by atoms with van der Waals surface area (Å²) in [6, 6.07) is 7.32. The summed E-state index contributed by atoms with van der Waals surface area (Å²) in [4.78, 5) is 30.7. The van der Waals surface area contributed by atoms with E-state index in [0.717, 1.165) is 16.9 Å². The molecular weight excluding hydrogens is 326 g/mol. The lowest BCUT2D eigenvalue weighted by atomic mass is 10.3. The SMILES string of the molecule is Cc1ccc2nc(CSCC(=O)NNC(=O)c3ccc[nH]3)cn2c1. The van der Waals surface area contributed by atoms with Crippen LogP contribution in [0.1, 0.15) is 21.7 Å². The van der Waals surface area contributed by atoms with Crippen molar-refractivity contribution in [1.82, 2.24) is 25.2 Å². The molecule has 0 saturated heterocycles. The minimum atomic E-state index is -0.380. The number of aromatic nitrogens is 3. The molecule has 0 aliphatic carbocycles. The second-order valence-corrected chi connectivity index (χ2v) is 6.27. The number of hydrogen-bond donors (Lipinski definition) is 3. The number of aryl methyl sites for hydroxylation is 1. The Balaban J connectivity index is 1.43. The number of imidazole rings is 1. The van der Waals surface area contributed by atoms with E-state index in [1.807, 2.05) is 35.9 Å². The van der Waals surface area contributed by atoms with Gasteiger partial charge in [0.15, 0.2) is 0 Å². The van der Waals surface area contributed by atoms with Crippen molar-refractivity contribution in [3.05, 3.63) is 59.8 Å². The maximum absolute atomic E-state index is 11.7. The minimum Gasteiger partial charge on any atom is -0.357 e. The van der Waals surface area contributed by atoms with Crippen LogP contribution in [0, 0.1) is 6.92 Å². The largest absolute Gasteiger partial charge is 0.357 e. The monoisotopic (exact) mass is 343 g/mol. The van der Waals surface area contributed by atoms with Crippen LogP contribution in [0.2, 0.25) is 0 Å². The van der Waals surface area contributed by atoms with Crippen LogP contribution in [0.5, 0.6) is 0 Å². The van der Waals surface area contributed by atoms with Gasteiger partial charge in [-0.3, -0.25) is 20.4 Å². The van der Waals surface area contributed by atoms with Gasteiger partial charge in [0.1, 0.15) is 11.3 Å². The first-order valence-electron chi connectivity index (χ1n) is 7.36. The molecule has 3 aromatic rings. The summed E-state index contributed by atoms with van der Waals surface area (Å²) < 4.78 is 1.97. The number of nitrogens with zero attached hydrogens (tertiary/aromatic N) is 2. The number of aromatic amines is 1. The Morgan fingerprint density at radius 3 is 2.92 bits per heavy atom. The number of amides is 2. The number of H-pyrrole nitrogens is 1. The summed E-state index contributed by atoms with van der Waals surface area (Å²) in [5.41, 5.74) is 8.10. The van der Waals surface area contributed by atoms with Crippen molar-refractivity contribution in [2.75, 3.05) is 5.75 Å². The summed E-state index contributed by atoms with van der Waals surface area (Å²) in [6.45, 7) is 2.03. The van der Waals surface area contributed by atoms with Crippen molar-refractivity contribution < 1.29 is 9.59 Å². The van der Waals surface area contributed by atoms with Gasteiger partial charge in [-0.05, 0) is 30.7 Å². The number of nitrogens with one attached hydrogen (secondary N) is 3. The predicted octanol–water partition coefficient (Wildman–Crippen LogP) is 1.67. The third-order valence-corrected chi connectivity index (χ3v) is 4.26. The van der Waals surface area contributed by atoms with Gasteiger partial charge in [-0.2, -0.15) is 0 Å². The van der Waals surface area contributed by atoms with Crippen molar-refractivity contribution in [2.24, 2.45) is 0 Å². The number of carbonyl (C=O) groups is 2. The van der Waals surface area contributed by atoms with Gasteiger partial charge in [-0.1, -0.05) is 6.07 Å². The van der Waals surface area contributed by atoms with Gasteiger partial charge in [0.2, 0.25) is 5.91 Å². The first-order valence-corrected chi connectivity index (χ1v) is 8.52. The molecule has 0 aromatic carbocycles. The molecule has 0 unspecified atom stereocenters. The molecule has 3 rings (SSSR count). The fourth-order valence-electron chi connectivity index (χ4n) is 2.17. The van der Waals surface area contributed by atoms with Gasteiger partial charge in [0.25, 0.3) is 5.91 Å². The zero-order chi connectivity index (χ0) is 16.9. The highest BCUT2D eigenvalue weighted by molar-refractivity contribution is 7.99. The molecule has 8 heteroatoms. The van der Waals surface area contributed by atoms with E-state index in [2.05, 4.69) is 20.8 Å². The molecule has 24 heavy (non-hydrogen) atoms. The van der Waals surface area contributed by atoms with E-state index >= 15 is 0 Å². The Bertz CT molecular complexity index is 857. The third-order valence-electron chi connectivity index (χ3n) is 3.29. The second-order valence-electron chi connectivity index (χ2n) is 5.28. The van der Waals surface area contributed by atoms with Crippen LogP contribution in [0.25, 0.3) is 5.65 Å². The second kappa shape index (κ2) is 7.22. The molecule has 0 atom stereocenters. The predicted molar refractivity (Wildman–Crippen MR) is 92.5 cm³/mol. The zero-order valence-electron chi connectivity index (χ0n) is 13.1. The van der Waals surface area contributed by atoms with Crippen LogP contribution in [-0.2, 0) is 10.5 Å². The first-order chi connectivity index (χ1) is 11.6. The first kappa shape index (κ1) is 16.1. The fraction of sp³-hybridized carbons (Fsp3) is 0.188. The van der Waals surface area contributed by atoms with Crippen molar-refractivity contribution in [3.63, 3.8) is 0 Å². The maximum Gasteiger partial charge on any atom is 0.286 e. The van der Waals surface area contributed by atoms with Gasteiger partial charge < -0.3 is 9.38 Å². The minimum absolute atomic E-state index is 0.234. The van der Waals surface area contributed by atoms with Gasteiger partial charge in [0.05, 0.1) is 11.4 Å². The average molecular weight is 343 g/mol. The smallest absolute Gasteiger partial charge is 0.286 e. The number of hydrogen-bond acceptors (Lipinski definition) is 4. The maximum atomic E-state index is 11.7. The van der Waals surface area contributed by atoms with Crippen molar-refractivity contribution in [3.8, 4) is 0 Å². The molecule has 7 nitrogen and oxygen atoms in total. The molecule has 0 aliphatic rings. The lowest BCUT2D eigenvalue weighted by Gasteiger charge is -2.05. The van der Waals surface area contributed by atoms with Gasteiger partial charge in [-0.25, -0.2) is 4.98 Å². The van der Waals surface area contributed by atoms with Gasteiger partial charge in [0, 0.05) is 24.3 Å². The fourth-order valence-corrected chi connectivity index (χ4v) is 2.88. The van der Waals surface area contributed by atoms with Crippen molar-refractivity contribution >= 4 is 29.2 Å². The van der Waals surface area contributed by atoms with E-state index in [1.165, 1.54) is 11.8 Å². The zero-order valence-corrected chi connectivity index (χ0v) is 13.9. The van der Waals surface area contributed by atoms with Gasteiger partial charge >= 0.3 is 0 Å². The highest BCUT2D eigenvalue weighted by Gasteiger charge is 2.08. The highest BCUT2D eigenvalue weighted by atomic mass is 32.2. The molecule has 0 bridgehead atoms. The Morgan fingerprint density at radius 1 is 1.25 bits per heavy atom. The van der Waals surface area contributed by atoms with E-state index < -0.39 is 0 Å². The molecule has 3 N–H and O–H groups in total. The Hall–Kier alpha value is -2.74. The molecule has 3 heterocycles. The van der Waals surface area contributed by atoms with Crippen LogP contribution >= 0.6 is 11.8 Å². The molecule has 0 aliphatic heterocycles. The molecule has 0 spiro atoms. The molecular formula is C16H17N5O2S. The number of fused-ring (bicyclic) bond motifs is 1.